The van der Waals surface area contributed by atoms with Crippen LogP contribution in [0.1, 0.15) is 18.2 Å². The van der Waals surface area contributed by atoms with Crippen LogP contribution in [0.5, 0.6) is 0 Å². The van der Waals surface area contributed by atoms with Crippen molar-refractivity contribution in [1.82, 2.24) is 9.97 Å². The van der Waals surface area contributed by atoms with Crippen LogP contribution in [0.15, 0.2) is 54.6 Å². The maximum atomic E-state index is 11.2. The maximum absolute atomic E-state index is 11.2. The highest BCUT2D eigenvalue weighted by atomic mass is 16.1. The highest BCUT2D eigenvalue weighted by molar-refractivity contribution is 5.89. The molecule has 1 heterocycles. The number of hydrogen-bond acceptors (Lipinski definition) is 5. The predicted octanol–water partition coefficient (Wildman–Crippen LogP) is 4.54. The van der Waals surface area contributed by atoms with Crippen molar-refractivity contribution in [2.75, 3.05) is 16.0 Å². The van der Waals surface area contributed by atoms with E-state index in [1.54, 1.807) is 0 Å². The third-order valence-corrected chi connectivity index (χ3v) is 3.70. The van der Waals surface area contributed by atoms with Gasteiger partial charge in [-0.2, -0.15) is 4.98 Å². The monoisotopic (exact) mass is 347 g/mol. The highest BCUT2D eigenvalue weighted by Gasteiger charge is 2.06. The molecule has 3 aromatic rings. The van der Waals surface area contributed by atoms with Crippen LogP contribution < -0.4 is 16.0 Å². The number of nitrogens with one attached hydrogen (secondary N) is 3. The molecule has 6 nitrogen and oxygen atoms in total. The number of rotatable bonds is 5. The molecular weight excluding hydrogens is 326 g/mol. The Balaban J connectivity index is 1.82. The summed E-state index contributed by atoms with van der Waals surface area (Å²) in [6, 6.07) is 17.3. The van der Waals surface area contributed by atoms with Crippen LogP contribution >= 0.6 is 0 Å². The fraction of sp³-hybridized carbons (Fsp3) is 0.150. The van der Waals surface area contributed by atoms with E-state index in [1.165, 1.54) is 6.92 Å². The normalized spacial score (nSPS) is 10.3. The Morgan fingerprint density at radius 2 is 1.65 bits per heavy atom. The molecule has 0 aliphatic heterocycles. The zero-order chi connectivity index (χ0) is 18.5. The Bertz CT molecular complexity index is 939. The predicted molar refractivity (Wildman–Crippen MR) is 105 cm³/mol. The first-order chi connectivity index (χ1) is 12.5. The molecule has 1 aromatic heterocycles. The molecule has 6 heteroatoms. The van der Waals surface area contributed by atoms with E-state index >= 15 is 0 Å². The van der Waals surface area contributed by atoms with Crippen molar-refractivity contribution in [2.24, 2.45) is 0 Å². The van der Waals surface area contributed by atoms with Crippen LogP contribution in [0.3, 0.4) is 0 Å². The van der Waals surface area contributed by atoms with Gasteiger partial charge in [-0.25, -0.2) is 4.98 Å². The van der Waals surface area contributed by atoms with Gasteiger partial charge in [-0.05, 0) is 43.7 Å². The van der Waals surface area contributed by atoms with Crippen molar-refractivity contribution in [1.29, 1.82) is 0 Å². The summed E-state index contributed by atoms with van der Waals surface area (Å²) in [6.07, 6.45) is 0. The lowest BCUT2D eigenvalue weighted by Gasteiger charge is -2.12. The molecule has 0 saturated carbocycles. The van der Waals surface area contributed by atoms with E-state index in [2.05, 4.69) is 25.9 Å². The SMILES string of the molecule is CC(=O)Nc1cccc(Nc2cc(C)nc(Nc3ccccc3C)n2)c1. The van der Waals surface area contributed by atoms with Gasteiger partial charge in [0.05, 0.1) is 0 Å². The molecule has 3 rings (SSSR count). The largest absolute Gasteiger partial charge is 0.340 e. The molecule has 3 N–H and O–H groups in total. The van der Waals surface area contributed by atoms with Crippen molar-refractivity contribution >= 4 is 34.7 Å². The minimum atomic E-state index is -0.107. The van der Waals surface area contributed by atoms with Gasteiger partial charge in [0.2, 0.25) is 11.9 Å². The van der Waals surface area contributed by atoms with Crippen molar-refractivity contribution in [2.45, 2.75) is 20.8 Å². The minimum absolute atomic E-state index is 0.107. The van der Waals surface area contributed by atoms with E-state index in [0.717, 1.165) is 28.3 Å². The third kappa shape index (κ3) is 4.57. The summed E-state index contributed by atoms with van der Waals surface area (Å²) in [7, 11) is 0. The molecule has 132 valence electrons. The summed E-state index contributed by atoms with van der Waals surface area (Å²) in [4.78, 5) is 20.2. The second kappa shape index (κ2) is 7.65. The van der Waals surface area contributed by atoms with E-state index in [4.69, 9.17) is 0 Å². The standard InChI is InChI=1S/C20H21N5O/c1-13-7-4-5-10-18(13)24-20-21-14(2)11-19(25-20)23-17-9-6-8-16(12-17)22-15(3)26/h4-12H,1-3H3,(H,22,26)(H2,21,23,24,25). The molecule has 0 bridgehead atoms. The van der Waals surface area contributed by atoms with Crippen LogP contribution in [0, 0.1) is 13.8 Å². The number of para-hydroxylation sites is 1. The summed E-state index contributed by atoms with van der Waals surface area (Å²) in [5.41, 5.74) is 4.49. The van der Waals surface area contributed by atoms with Gasteiger partial charge in [0.1, 0.15) is 5.82 Å². The Kier molecular flexibility index (Phi) is 5.12. The molecule has 0 aliphatic carbocycles. The number of aryl methyl sites for hydroxylation is 2. The molecule has 0 radical (unpaired) electrons. The van der Waals surface area contributed by atoms with E-state index < -0.39 is 0 Å². The lowest BCUT2D eigenvalue weighted by molar-refractivity contribution is -0.114. The topological polar surface area (TPSA) is 78.9 Å². The van der Waals surface area contributed by atoms with Gasteiger partial charge in [0, 0.05) is 35.7 Å². The Morgan fingerprint density at radius 1 is 0.885 bits per heavy atom. The summed E-state index contributed by atoms with van der Waals surface area (Å²) < 4.78 is 0. The Hall–Kier alpha value is -3.41. The number of benzene rings is 2. The van der Waals surface area contributed by atoms with E-state index in [0.29, 0.717) is 11.8 Å². The van der Waals surface area contributed by atoms with E-state index in [9.17, 15) is 4.79 Å². The lowest BCUT2D eigenvalue weighted by atomic mass is 10.2. The van der Waals surface area contributed by atoms with Crippen molar-refractivity contribution in [3.8, 4) is 0 Å². The zero-order valence-corrected chi connectivity index (χ0v) is 15.0. The summed E-state index contributed by atoms with van der Waals surface area (Å²) in [5, 5.41) is 9.28. The maximum Gasteiger partial charge on any atom is 0.229 e. The van der Waals surface area contributed by atoms with Gasteiger partial charge >= 0.3 is 0 Å². The number of nitrogens with zero attached hydrogens (tertiary/aromatic N) is 2. The smallest absolute Gasteiger partial charge is 0.229 e. The molecule has 0 spiro atoms. The molecular formula is C20H21N5O. The molecule has 2 aromatic carbocycles. The Labute approximate surface area is 152 Å². The molecule has 0 saturated heterocycles. The van der Waals surface area contributed by atoms with E-state index in [1.807, 2.05) is 68.4 Å². The first-order valence-electron chi connectivity index (χ1n) is 8.32. The highest BCUT2D eigenvalue weighted by Crippen LogP contribution is 2.22. The van der Waals surface area contributed by atoms with Gasteiger partial charge < -0.3 is 16.0 Å². The molecule has 0 aliphatic rings. The number of carbonyl (C=O) groups is 1. The fourth-order valence-electron chi connectivity index (χ4n) is 2.55. The molecule has 26 heavy (non-hydrogen) atoms. The third-order valence-electron chi connectivity index (χ3n) is 3.70. The second-order valence-electron chi connectivity index (χ2n) is 6.05. The van der Waals surface area contributed by atoms with Crippen molar-refractivity contribution in [3.05, 3.63) is 65.9 Å². The van der Waals surface area contributed by atoms with Gasteiger partial charge in [-0.1, -0.05) is 24.3 Å². The minimum Gasteiger partial charge on any atom is -0.340 e. The van der Waals surface area contributed by atoms with Gasteiger partial charge in [-0.3, -0.25) is 4.79 Å². The summed E-state index contributed by atoms with van der Waals surface area (Å²) in [5.74, 6) is 1.10. The zero-order valence-electron chi connectivity index (χ0n) is 15.0. The number of hydrogen-bond donors (Lipinski definition) is 3. The quantitative estimate of drug-likeness (QED) is 0.631. The van der Waals surface area contributed by atoms with Gasteiger partial charge in [0.25, 0.3) is 0 Å². The number of carbonyl (C=O) groups excluding carboxylic acids is 1. The van der Waals surface area contributed by atoms with Crippen LogP contribution in [-0.4, -0.2) is 15.9 Å². The molecule has 1 amide bonds. The average Bonchev–Trinajstić information content (AvgIpc) is 2.56. The Morgan fingerprint density at radius 3 is 2.42 bits per heavy atom. The van der Waals surface area contributed by atoms with Crippen LogP contribution in [-0.2, 0) is 4.79 Å². The van der Waals surface area contributed by atoms with E-state index in [-0.39, 0.29) is 5.91 Å². The summed E-state index contributed by atoms with van der Waals surface area (Å²) in [6.45, 7) is 5.44. The summed E-state index contributed by atoms with van der Waals surface area (Å²) >= 11 is 0. The lowest BCUT2D eigenvalue weighted by Crippen LogP contribution is -2.06. The number of anilines is 5. The van der Waals surface area contributed by atoms with Gasteiger partial charge in [0.15, 0.2) is 0 Å². The van der Waals surface area contributed by atoms with Crippen LogP contribution in [0.25, 0.3) is 0 Å². The van der Waals surface area contributed by atoms with Gasteiger partial charge in [-0.15, -0.1) is 0 Å². The second-order valence-corrected chi connectivity index (χ2v) is 6.05. The van der Waals surface area contributed by atoms with Crippen molar-refractivity contribution in [3.63, 3.8) is 0 Å². The molecule has 0 fully saturated rings. The molecule has 0 atom stereocenters. The number of aromatic nitrogens is 2. The number of amides is 1. The molecule has 0 unspecified atom stereocenters. The van der Waals surface area contributed by atoms with Crippen LogP contribution in [0.4, 0.5) is 28.8 Å². The first kappa shape index (κ1) is 17.4. The van der Waals surface area contributed by atoms with Crippen molar-refractivity contribution < 1.29 is 4.79 Å². The first-order valence-corrected chi connectivity index (χ1v) is 8.32. The average molecular weight is 347 g/mol. The fourth-order valence-corrected chi connectivity index (χ4v) is 2.55. The van der Waals surface area contributed by atoms with Crippen LogP contribution in [0.2, 0.25) is 0 Å².